The Hall–Kier alpha value is -2.37. The van der Waals surface area contributed by atoms with E-state index in [-0.39, 0.29) is 25.6 Å². The van der Waals surface area contributed by atoms with Crippen LogP contribution in [-0.2, 0) is 23.7 Å². The SMILES string of the molecule is CC/C=C\C/C=C\C/C=C\CCCCCC(=O)OC(COCCCCCCCCCCC/C=C\C/C=C\C/C=C\CCCCCCC)COC1OC(CO)C(O)C(O)C1O. The van der Waals surface area contributed by atoms with Crippen molar-refractivity contribution in [3.63, 3.8) is 0 Å². The standard InChI is InChI=1S/C51H88O9/c1-3-5-7-9-11-13-15-17-18-19-20-21-22-23-24-25-26-27-29-31-33-35-37-39-41-57-43-45(44-58-51-50(56)49(55)48(54)46(42-52)60-51)59-47(53)40-38-36-34-32-30-28-16-14-12-10-8-6-4-2/h6,8,12,14-15,17,19-20,22-23,28,30,45-46,48-52,54-56H,3-5,7,9-11,13,16,18,21,24-27,29,31-44H2,1-2H3/b8-6-,14-12-,17-15-,20-19-,23-22-,30-28-. The fourth-order valence-corrected chi connectivity index (χ4v) is 6.87. The van der Waals surface area contributed by atoms with E-state index in [9.17, 15) is 25.2 Å². The normalized spacial score (nSPS) is 20.7. The van der Waals surface area contributed by atoms with Crippen LogP contribution in [0.25, 0.3) is 0 Å². The zero-order chi connectivity index (χ0) is 43.6. The number of aliphatic hydroxyl groups is 4. The molecule has 1 aliphatic rings. The predicted molar refractivity (Wildman–Crippen MR) is 247 cm³/mol. The van der Waals surface area contributed by atoms with E-state index < -0.39 is 43.4 Å². The van der Waals surface area contributed by atoms with E-state index in [1.165, 1.54) is 83.5 Å². The molecule has 1 rings (SSSR count). The summed E-state index contributed by atoms with van der Waals surface area (Å²) in [5.41, 5.74) is 0. The number of hydrogen-bond acceptors (Lipinski definition) is 9. The molecule has 1 heterocycles. The summed E-state index contributed by atoms with van der Waals surface area (Å²) in [6.45, 7) is 4.37. The molecule has 1 saturated heterocycles. The highest BCUT2D eigenvalue weighted by Crippen LogP contribution is 2.22. The van der Waals surface area contributed by atoms with Gasteiger partial charge in [-0.25, -0.2) is 0 Å². The van der Waals surface area contributed by atoms with Crippen LogP contribution in [0, 0.1) is 0 Å². The van der Waals surface area contributed by atoms with Gasteiger partial charge in [-0.2, -0.15) is 0 Å². The lowest BCUT2D eigenvalue weighted by atomic mass is 9.99. The summed E-state index contributed by atoms with van der Waals surface area (Å²) in [5.74, 6) is -0.347. The minimum atomic E-state index is -1.55. The molecule has 0 saturated carbocycles. The number of esters is 1. The largest absolute Gasteiger partial charge is 0.457 e. The van der Waals surface area contributed by atoms with Gasteiger partial charge in [0, 0.05) is 13.0 Å². The van der Waals surface area contributed by atoms with Crippen LogP contribution in [-0.4, -0.2) is 89.6 Å². The monoisotopic (exact) mass is 845 g/mol. The van der Waals surface area contributed by atoms with Gasteiger partial charge in [0.2, 0.25) is 0 Å². The maximum Gasteiger partial charge on any atom is 0.306 e. The van der Waals surface area contributed by atoms with Crippen LogP contribution in [0.15, 0.2) is 72.9 Å². The van der Waals surface area contributed by atoms with E-state index in [2.05, 4.69) is 86.8 Å². The van der Waals surface area contributed by atoms with Crippen LogP contribution in [0.3, 0.4) is 0 Å². The third kappa shape index (κ3) is 32.4. The Balaban J connectivity index is 2.22. The van der Waals surface area contributed by atoms with E-state index in [1.807, 2.05) is 0 Å². The Morgan fingerprint density at radius 3 is 1.53 bits per heavy atom. The van der Waals surface area contributed by atoms with Crippen LogP contribution in [0.4, 0.5) is 0 Å². The van der Waals surface area contributed by atoms with Crippen molar-refractivity contribution >= 4 is 5.97 Å². The van der Waals surface area contributed by atoms with E-state index in [1.54, 1.807) is 0 Å². The van der Waals surface area contributed by atoms with Crippen molar-refractivity contribution in [1.29, 1.82) is 0 Å². The van der Waals surface area contributed by atoms with Crippen LogP contribution in [0.2, 0.25) is 0 Å². The number of rotatable bonds is 40. The Morgan fingerprint density at radius 2 is 1.02 bits per heavy atom. The topological polar surface area (TPSA) is 135 Å². The van der Waals surface area contributed by atoms with Gasteiger partial charge < -0.3 is 39.4 Å². The van der Waals surface area contributed by atoms with Crippen molar-refractivity contribution in [3.05, 3.63) is 72.9 Å². The molecule has 9 heteroatoms. The second kappa shape index (κ2) is 42.0. The first-order valence-corrected chi connectivity index (χ1v) is 24.0. The molecule has 4 N–H and O–H groups in total. The number of unbranched alkanes of at least 4 members (excludes halogenated alkanes) is 17. The summed E-state index contributed by atoms with van der Waals surface area (Å²) in [6.07, 6.45) is 48.0. The van der Waals surface area contributed by atoms with Gasteiger partial charge in [-0.3, -0.25) is 4.79 Å². The maximum absolute atomic E-state index is 12.8. The first-order chi connectivity index (χ1) is 29.4. The number of hydrogen-bond donors (Lipinski definition) is 4. The molecule has 1 aliphatic heterocycles. The minimum absolute atomic E-state index is 0.125. The molecule has 60 heavy (non-hydrogen) atoms. The van der Waals surface area contributed by atoms with Gasteiger partial charge in [-0.15, -0.1) is 0 Å². The average molecular weight is 845 g/mol. The molecule has 0 radical (unpaired) electrons. The molecule has 0 spiro atoms. The second-order valence-electron chi connectivity index (χ2n) is 16.2. The number of allylic oxidation sites excluding steroid dienone is 12. The van der Waals surface area contributed by atoms with Crippen LogP contribution >= 0.6 is 0 Å². The quantitative estimate of drug-likeness (QED) is 0.0270. The molecule has 1 fully saturated rings. The molecule has 0 bridgehead atoms. The summed E-state index contributed by atoms with van der Waals surface area (Å²) in [5, 5.41) is 40.1. The molecular formula is C51H88O9. The van der Waals surface area contributed by atoms with Gasteiger partial charge in [-0.1, -0.05) is 164 Å². The summed E-state index contributed by atoms with van der Waals surface area (Å²) >= 11 is 0. The lowest BCUT2D eigenvalue weighted by Gasteiger charge is -2.39. The van der Waals surface area contributed by atoms with E-state index in [0.717, 1.165) is 70.6 Å². The molecule has 9 nitrogen and oxygen atoms in total. The highest BCUT2D eigenvalue weighted by molar-refractivity contribution is 5.69. The van der Waals surface area contributed by atoms with E-state index in [4.69, 9.17) is 18.9 Å². The minimum Gasteiger partial charge on any atom is -0.457 e. The first kappa shape index (κ1) is 55.6. The molecule has 0 aromatic carbocycles. The van der Waals surface area contributed by atoms with Gasteiger partial charge in [0.1, 0.15) is 30.5 Å². The van der Waals surface area contributed by atoms with Crippen molar-refractivity contribution < 1.29 is 44.2 Å². The van der Waals surface area contributed by atoms with Crippen LogP contribution < -0.4 is 0 Å². The number of carbonyl (C=O) groups is 1. The van der Waals surface area contributed by atoms with Crippen molar-refractivity contribution in [1.82, 2.24) is 0 Å². The number of carbonyl (C=O) groups excluding carboxylic acids is 1. The highest BCUT2D eigenvalue weighted by Gasteiger charge is 2.44. The maximum atomic E-state index is 12.8. The summed E-state index contributed by atoms with van der Waals surface area (Å²) in [6, 6.07) is 0. The van der Waals surface area contributed by atoms with Gasteiger partial charge in [0.05, 0.1) is 19.8 Å². The lowest BCUT2D eigenvalue weighted by molar-refractivity contribution is -0.305. The number of aliphatic hydroxyl groups excluding tert-OH is 4. The molecule has 6 unspecified atom stereocenters. The summed E-state index contributed by atoms with van der Waals surface area (Å²) in [7, 11) is 0. The molecule has 346 valence electrons. The van der Waals surface area contributed by atoms with Crippen LogP contribution in [0.1, 0.15) is 181 Å². The Labute approximate surface area is 366 Å². The smallest absolute Gasteiger partial charge is 0.306 e. The van der Waals surface area contributed by atoms with Gasteiger partial charge in [0.15, 0.2) is 6.29 Å². The molecular weight excluding hydrogens is 757 g/mol. The number of ether oxygens (including phenoxy) is 4. The van der Waals surface area contributed by atoms with Crippen molar-refractivity contribution in [2.45, 2.75) is 218 Å². The molecule has 0 aromatic heterocycles. The van der Waals surface area contributed by atoms with Gasteiger partial charge >= 0.3 is 5.97 Å². The summed E-state index contributed by atoms with van der Waals surface area (Å²) < 4.78 is 22.8. The zero-order valence-corrected chi connectivity index (χ0v) is 37.9. The first-order valence-electron chi connectivity index (χ1n) is 24.0. The van der Waals surface area contributed by atoms with Crippen molar-refractivity contribution in [2.24, 2.45) is 0 Å². The van der Waals surface area contributed by atoms with E-state index in [0.29, 0.717) is 13.0 Å². The average Bonchev–Trinajstić information content (AvgIpc) is 3.25. The zero-order valence-electron chi connectivity index (χ0n) is 37.9. The highest BCUT2D eigenvalue weighted by atomic mass is 16.7. The molecule has 0 aliphatic carbocycles. The second-order valence-corrected chi connectivity index (χ2v) is 16.2. The molecule has 6 atom stereocenters. The van der Waals surface area contributed by atoms with E-state index >= 15 is 0 Å². The van der Waals surface area contributed by atoms with Crippen LogP contribution in [0.5, 0.6) is 0 Å². The summed E-state index contributed by atoms with van der Waals surface area (Å²) in [4.78, 5) is 12.8. The Bertz CT molecular complexity index is 1140. The van der Waals surface area contributed by atoms with Crippen molar-refractivity contribution in [3.8, 4) is 0 Å². The third-order valence-corrected chi connectivity index (χ3v) is 10.6. The Morgan fingerprint density at radius 1 is 0.550 bits per heavy atom. The predicted octanol–water partition coefficient (Wildman–Crippen LogP) is 11.3. The molecule has 0 amide bonds. The van der Waals surface area contributed by atoms with Gasteiger partial charge in [-0.05, 0) is 83.5 Å². The lowest BCUT2D eigenvalue weighted by Crippen LogP contribution is -2.59. The Kier molecular flexibility index (Phi) is 38.9. The fourth-order valence-electron chi connectivity index (χ4n) is 6.87. The fraction of sp³-hybridized carbons (Fsp3) is 0.745. The molecule has 0 aromatic rings. The van der Waals surface area contributed by atoms with Crippen molar-refractivity contribution in [2.75, 3.05) is 26.4 Å². The third-order valence-electron chi connectivity index (χ3n) is 10.6. The van der Waals surface area contributed by atoms with Gasteiger partial charge in [0.25, 0.3) is 0 Å².